The minimum atomic E-state index is -1.35. The van der Waals surface area contributed by atoms with Gasteiger partial charge in [0.25, 0.3) is 11.6 Å². The summed E-state index contributed by atoms with van der Waals surface area (Å²) < 4.78 is 20.4. The third-order valence-corrected chi connectivity index (χ3v) is 5.05. The molecule has 0 radical (unpaired) electrons. The normalized spacial score (nSPS) is 26.6. The van der Waals surface area contributed by atoms with Crippen molar-refractivity contribution in [2.45, 2.75) is 64.6 Å². The maximum absolute atomic E-state index is 12.3. The molecule has 10 heteroatoms. The van der Waals surface area contributed by atoms with Crippen LogP contribution in [-0.2, 0) is 42.9 Å². The maximum Gasteiger partial charge on any atom is 0.348 e. The Labute approximate surface area is 178 Å². The van der Waals surface area contributed by atoms with Gasteiger partial charge in [-0.15, -0.1) is 0 Å². The largest absolute Gasteiger partial charge is 0.422 e. The van der Waals surface area contributed by atoms with E-state index in [1.54, 1.807) is 6.08 Å². The van der Waals surface area contributed by atoms with Crippen LogP contribution in [0.4, 0.5) is 0 Å². The summed E-state index contributed by atoms with van der Waals surface area (Å²) in [6, 6.07) is -0.332. The lowest BCUT2D eigenvalue weighted by Gasteiger charge is -2.34. The van der Waals surface area contributed by atoms with E-state index in [9.17, 15) is 24.0 Å². The first-order chi connectivity index (χ1) is 14.4. The molecule has 3 rings (SSSR count). The smallest absolute Gasteiger partial charge is 0.348 e. The second-order valence-electron chi connectivity index (χ2n) is 8.55. The van der Waals surface area contributed by atoms with E-state index >= 15 is 0 Å². The van der Waals surface area contributed by atoms with E-state index in [4.69, 9.17) is 18.9 Å². The van der Waals surface area contributed by atoms with Gasteiger partial charge >= 0.3 is 23.9 Å². The van der Waals surface area contributed by atoms with Crippen LogP contribution in [0.15, 0.2) is 23.8 Å². The monoisotopic (exact) mass is 435 g/mol. The number of carbonyl (C=O) groups excluding carboxylic acids is 5. The lowest BCUT2D eigenvalue weighted by Crippen LogP contribution is -2.47. The summed E-state index contributed by atoms with van der Waals surface area (Å²) in [6.45, 7) is 5.81. The first kappa shape index (κ1) is 22.5. The molecule has 3 saturated heterocycles. The molecule has 2 atom stereocenters. The van der Waals surface area contributed by atoms with E-state index in [1.165, 1.54) is 39.8 Å². The van der Waals surface area contributed by atoms with Crippen molar-refractivity contribution in [1.29, 1.82) is 0 Å². The van der Waals surface area contributed by atoms with Crippen LogP contribution in [0.2, 0.25) is 0 Å². The Hall–Kier alpha value is -3.17. The summed E-state index contributed by atoms with van der Waals surface area (Å²) >= 11 is 0. The summed E-state index contributed by atoms with van der Waals surface area (Å²) in [5, 5.41) is 2.81. The minimum Gasteiger partial charge on any atom is -0.422 e. The minimum absolute atomic E-state index is 0.0281. The maximum atomic E-state index is 12.3. The van der Waals surface area contributed by atoms with Crippen LogP contribution >= 0.6 is 0 Å². The van der Waals surface area contributed by atoms with Gasteiger partial charge in [-0.3, -0.25) is 14.4 Å². The second-order valence-corrected chi connectivity index (χ2v) is 8.55. The van der Waals surface area contributed by atoms with Gasteiger partial charge in [0.1, 0.15) is 5.57 Å². The van der Waals surface area contributed by atoms with E-state index in [0.717, 1.165) is 0 Å². The zero-order chi connectivity index (χ0) is 23.0. The van der Waals surface area contributed by atoms with Crippen LogP contribution in [0.3, 0.4) is 0 Å². The van der Waals surface area contributed by atoms with Gasteiger partial charge in [-0.05, 0) is 24.8 Å². The summed E-state index contributed by atoms with van der Waals surface area (Å²) in [5.41, 5.74) is -0.289. The quantitative estimate of drug-likeness (QED) is 0.291. The van der Waals surface area contributed by atoms with Crippen molar-refractivity contribution in [3.05, 3.63) is 23.8 Å². The molecular formula is C21H25NO9. The Morgan fingerprint density at radius 1 is 0.935 bits per heavy atom. The Bertz CT molecular complexity index is 841. The summed E-state index contributed by atoms with van der Waals surface area (Å²) in [4.78, 5) is 60.5. The number of nitrogens with one attached hydrogen (secondary N) is 1. The highest BCUT2D eigenvalue weighted by Crippen LogP contribution is 2.31. The van der Waals surface area contributed by atoms with Gasteiger partial charge in [0.15, 0.2) is 5.92 Å². The van der Waals surface area contributed by atoms with Crippen molar-refractivity contribution in [3.8, 4) is 0 Å². The fraction of sp³-hybridized carbons (Fsp3) is 0.571. The molecule has 2 unspecified atom stereocenters. The molecule has 0 aliphatic carbocycles. The number of hydrogen-bond donors (Lipinski definition) is 1. The zero-order valence-corrected chi connectivity index (χ0v) is 17.8. The summed E-state index contributed by atoms with van der Waals surface area (Å²) in [5.74, 6) is -7.48. The predicted molar refractivity (Wildman–Crippen MR) is 103 cm³/mol. The van der Waals surface area contributed by atoms with Crippen LogP contribution in [0.25, 0.3) is 0 Å². The van der Waals surface area contributed by atoms with Gasteiger partial charge < -0.3 is 24.3 Å². The first-order valence-electron chi connectivity index (χ1n) is 9.97. The molecule has 10 nitrogen and oxygen atoms in total. The van der Waals surface area contributed by atoms with E-state index in [-0.39, 0.29) is 23.9 Å². The third kappa shape index (κ3) is 5.31. The van der Waals surface area contributed by atoms with E-state index in [2.05, 4.69) is 5.32 Å². The molecule has 3 aliphatic rings. The van der Waals surface area contributed by atoms with Gasteiger partial charge in [0, 0.05) is 40.2 Å². The number of cyclic esters (lactones) is 4. The Morgan fingerprint density at radius 3 is 2.00 bits per heavy atom. The van der Waals surface area contributed by atoms with Gasteiger partial charge in [-0.1, -0.05) is 12.2 Å². The molecule has 0 aromatic heterocycles. The number of rotatable bonds is 5. The number of esters is 4. The van der Waals surface area contributed by atoms with Gasteiger partial charge in [-0.25, -0.2) is 9.59 Å². The molecule has 1 N–H and O–H groups in total. The van der Waals surface area contributed by atoms with Gasteiger partial charge in [0.2, 0.25) is 5.91 Å². The molecule has 0 bridgehead atoms. The number of amides is 1. The summed E-state index contributed by atoms with van der Waals surface area (Å²) in [7, 11) is 0. The van der Waals surface area contributed by atoms with Crippen molar-refractivity contribution >= 4 is 29.8 Å². The molecule has 0 spiro atoms. The average molecular weight is 435 g/mol. The molecule has 3 heterocycles. The van der Waals surface area contributed by atoms with Crippen LogP contribution in [-0.4, -0.2) is 47.4 Å². The molecule has 0 aromatic rings. The number of carbonyl (C=O) groups is 5. The molecule has 3 fully saturated rings. The van der Waals surface area contributed by atoms with Crippen LogP contribution in [0, 0.1) is 11.8 Å². The lowest BCUT2D eigenvalue weighted by molar-refractivity contribution is -0.240. The van der Waals surface area contributed by atoms with Crippen molar-refractivity contribution in [2.24, 2.45) is 11.8 Å². The van der Waals surface area contributed by atoms with Crippen molar-refractivity contribution in [2.75, 3.05) is 0 Å². The number of allylic oxidation sites excluding steroid dienone is 2. The zero-order valence-electron chi connectivity index (χ0n) is 17.8. The van der Waals surface area contributed by atoms with E-state index in [1.807, 2.05) is 0 Å². The highest BCUT2D eigenvalue weighted by molar-refractivity contribution is 6.15. The predicted octanol–water partition coefficient (Wildman–Crippen LogP) is 1.04. The van der Waals surface area contributed by atoms with E-state index in [0.29, 0.717) is 12.8 Å². The second kappa shape index (κ2) is 8.16. The Kier molecular flexibility index (Phi) is 5.93. The molecule has 3 aliphatic heterocycles. The Morgan fingerprint density at radius 2 is 1.48 bits per heavy atom. The molecule has 1 amide bonds. The highest BCUT2D eigenvalue weighted by atomic mass is 16.7. The molecular weight excluding hydrogens is 410 g/mol. The van der Waals surface area contributed by atoms with Crippen molar-refractivity contribution in [1.82, 2.24) is 5.32 Å². The van der Waals surface area contributed by atoms with Crippen LogP contribution in [0.5, 0.6) is 0 Å². The summed E-state index contributed by atoms with van der Waals surface area (Å²) in [6.07, 6.45) is 5.14. The third-order valence-electron chi connectivity index (χ3n) is 5.05. The molecule has 31 heavy (non-hydrogen) atoms. The van der Waals surface area contributed by atoms with Crippen molar-refractivity contribution < 1.29 is 42.9 Å². The fourth-order valence-electron chi connectivity index (χ4n) is 3.64. The van der Waals surface area contributed by atoms with Gasteiger partial charge in [-0.2, -0.15) is 0 Å². The number of hydrogen-bond acceptors (Lipinski definition) is 9. The van der Waals surface area contributed by atoms with E-state index < -0.39 is 47.3 Å². The molecule has 0 aromatic carbocycles. The van der Waals surface area contributed by atoms with Crippen LogP contribution < -0.4 is 5.32 Å². The lowest BCUT2D eigenvalue weighted by atomic mass is 9.87. The SMILES string of the molecule is CC1(C)OC(=O)C(=C/C=C\C(CC2C(=O)OC(C)(C)OC2=O)C2CCC(=O)N2)C(=O)O1. The first-order valence-corrected chi connectivity index (χ1v) is 9.97. The van der Waals surface area contributed by atoms with Gasteiger partial charge in [0.05, 0.1) is 0 Å². The standard InChI is InChI=1S/C21H25NO9/c1-20(2)28-16(24)12(17(25)29-20)7-5-6-11(14-8-9-15(23)22-14)10-13-18(26)30-21(3,4)31-19(13)27/h5-7,11,13-14H,8-10H2,1-4H3,(H,22,23)/b6-5-. The highest BCUT2D eigenvalue weighted by Gasteiger charge is 2.45. The van der Waals surface area contributed by atoms with Crippen molar-refractivity contribution in [3.63, 3.8) is 0 Å². The fourth-order valence-corrected chi connectivity index (χ4v) is 3.64. The average Bonchev–Trinajstić information content (AvgIpc) is 3.03. The topological polar surface area (TPSA) is 134 Å². The number of ether oxygens (including phenoxy) is 4. The molecule has 168 valence electrons. The Balaban J connectivity index is 1.78. The molecule has 0 saturated carbocycles. The van der Waals surface area contributed by atoms with Crippen LogP contribution in [0.1, 0.15) is 47.0 Å².